The smallest absolute Gasteiger partial charge is 0.247 e. The Balaban J connectivity index is 1.53. The Morgan fingerprint density at radius 2 is 2.00 bits per heavy atom. The van der Waals surface area contributed by atoms with Gasteiger partial charge in [-0.15, -0.1) is 0 Å². The lowest BCUT2D eigenvalue weighted by Crippen LogP contribution is -2.21. The maximum atomic E-state index is 12.1. The normalized spacial score (nSPS) is 11.2. The quantitative estimate of drug-likeness (QED) is 0.378. The van der Waals surface area contributed by atoms with Crippen molar-refractivity contribution in [2.75, 3.05) is 6.61 Å². The number of carbonyl (C=O) groups is 1. The van der Waals surface area contributed by atoms with Gasteiger partial charge in [0.2, 0.25) is 5.91 Å². The molecule has 1 heterocycles. The molecule has 0 radical (unpaired) electrons. The van der Waals surface area contributed by atoms with Crippen LogP contribution >= 0.6 is 0 Å². The summed E-state index contributed by atoms with van der Waals surface area (Å²) in [5.41, 5.74) is 5.33. The van der Waals surface area contributed by atoms with Crippen molar-refractivity contribution < 1.29 is 9.53 Å². The monoisotopic (exact) mass is 364 g/mol. The van der Waals surface area contributed by atoms with E-state index in [1.807, 2.05) is 60.1 Å². The van der Waals surface area contributed by atoms with Gasteiger partial charge in [-0.1, -0.05) is 25.5 Å². The summed E-state index contributed by atoms with van der Waals surface area (Å²) in [5, 5.41) is 4.02. The molecule has 140 valence electrons. The largest absolute Gasteiger partial charge is 0.494 e. The number of aromatic nitrogens is 2. The lowest BCUT2D eigenvalue weighted by atomic mass is 10.2. The van der Waals surface area contributed by atoms with E-state index in [-0.39, 0.29) is 12.3 Å². The van der Waals surface area contributed by atoms with E-state index < -0.39 is 0 Å². The van der Waals surface area contributed by atoms with Crippen LogP contribution in [0, 0.1) is 0 Å². The topological polar surface area (TPSA) is 68.5 Å². The molecule has 0 aliphatic carbocycles. The molecule has 1 N–H and O–H groups in total. The van der Waals surface area contributed by atoms with Crippen LogP contribution in [0.25, 0.3) is 11.0 Å². The number of fused-ring (bicyclic) bond motifs is 1. The number of rotatable bonds is 8. The van der Waals surface area contributed by atoms with Crippen molar-refractivity contribution in [3.63, 3.8) is 0 Å². The number of aryl methyl sites for hydroxylation is 1. The summed E-state index contributed by atoms with van der Waals surface area (Å²) in [6.45, 7) is 2.86. The third-order valence-electron chi connectivity index (χ3n) is 4.25. The molecule has 0 saturated carbocycles. The Labute approximate surface area is 158 Å². The number of hydrogen-bond donors (Lipinski definition) is 1. The van der Waals surface area contributed by atoms with Gasteiger partial charge in [-0.05, 0) is 48.4 Å². The van der Waals surface area contributed by atoms with E-state index >= 15 is 0 Å². The zero-order chi connectivity index (χ0) is 19.1. The third-order valence-corrected chi connectivity index (χ3v) is 4.25. The molecule has 3 rings (SSSR count). The highest BCUT2D eigenvalue weighted by atomic mass is 16.5. The van der Waals surface area contributed by atoms with Crippen molar-refractivity contribution >= 4 is 23.2 Å². The van der Waals surface area contributed by atoms with Crippen molar-refractivity contribution in [1.82, 2.24) is 15.0 Å². The van der Waals surface area contributed by atoms with Crippen molar-refractivity contribution in [2.45, 2.75) is 26.2 Å². The van der Waals surface area contributed by atoms with E-state index in [1.54, 1.807) is 6.21 Å². The van der Waals surface area contributed by atoms with Crippen LogP contribution in [-0.4, -0.2) is 28.3 Å². The van der Waals surface area contributed by atoms with Crippen LogP contribution in [0.5, 0.6) is 5.75 Å². The number of unbranched alkanes of at least 4 members (excludes halogenated alkanes) is 1. The number of hydrazone groups is 1. The summed E-state index contributed by atoms with van der Waals surface area (Å²) < 4.78 is 7.55. The van der Waals surface area contributed by atoms with Gasteiger partial charge in [0.1, 0.15) is 11.6 Å². The molecule has 0 bridgehead atoms. The molecular formula is C21H24N4O2. The van der Waals surface area contributed by atoms with Crippen LogP contribution in [-0.2, 0) is 18.3 Å². The molecule has 1 amide bonds. The highest BCUT2D eigenvalue weighted by Crippen LogP contribution is 2.14. The second kappa shape index (κ2) is 8.98. The summed E-state index contributed by atoms with van der Waals surface area (Å²) in [4.78, 5) is 16.6. The Kier molecular flexibility index (Phi) is 6.20. The number of nitrogens with one attached hydrogen (secondary N) is 1. The number of nitrogens with zero attached hydrogens (tertiary/aromatic N) is 3. The first-order chi connectivity index (χ1) is 13.2. The number of amides is 1. The maximum Gasteiger partial charge on any atom is 0.247 e. The number of hydrogen-bond acceptors (Lipinski definition) is 4. The van der Waals surface area contributed by atoms with Crippen LogP contribution < -0.4 is 10.2 Å². The lowest BCUT2D eigenvalue weighted by molar-refractivity contribution is -0.120. The summed E-state index contributed by atoms with van der Waals surface area (Å²) in [6.07, 6.45) is 3.94. The second-order valence-corrected chi connectivity index (χ2v) is 6.32. The van der Waals surface area contributed by atoms with Crippen molar-refractivity contribution in [1.29, 1.82) is 0 Å². The molecule has 0 spiro atoms. The fourth-order valence-electron chi connectivity index (χ4n) is 2.70. The minimum absolute atomic E-state index is 0.173. The molecule has 0 aliphatic heterocycles. The molecule has 27 heavy (non-hydrogen) atoms. The van der Waals surface area contributed by atoms with Crippen LogP contribution in [0.2, 0.25) is 0 Å². The van der Waals surface area contributed by atoms with Gasteiger partial charge >= 0.3 is 0 Å². The second-order valence-electron chi connectivity index (χ2n) is 6.32. The van der Waals surface area contributed by atoms with Crippen molar-refractivity contribution in [2.24, 2.45) is 12.1 Å². The van der Waals surface area contributed by atoms with Gasteiger partial charge in [0, 0.05) is 7.05 Å². The first-order valence-corrected chi connectivity index (χ1v) is 9.12. The minimum atomic E-state index is -0.204. The first kappa shape index (κ1) is 18.6. The van der Waals surface area contributed by atoms with E-state index in [1.165, 1.54) is 0 Å². The Morgan fingerprint density at radius 3 is 2.74 bits per heavy atom. The zero-order valence-corrected chi connectivity index (χ0v) is 15.7. The van der Waals surface area contributed by atoms with E-state index in [0.29, 0.717) is 5.82 Å². The third kappa shape index (κ3) is 4.94. The van der Waals surface area contributed by atoms with Gasteiger partial charge in [0.15, 0.2) is 0 Å². The molecule has 6 nitrogen and oxygen atoms in total. The fraction of sp³-hybridized carbons (Fsp3) is 0.286. The van der Waals surface area contributed by atoms with E-state index in [2.05, 4.69) is 22.4 Å². The van der Waals surface area contributed by atoms with Crippen LogP contribution in [0.1, 0.15) is 31.2 Å². The molecule has 0 saturated heterocycles. The summed E-state index contributed by atoms with van der Waals surface area (Å²) in [7, 11) is 1.91. The summed E-state index contributed by atoms with van der Waals surface area (Å²) in [6, 6.07) is 15.4. The predicted molar refractivity (Wildman–Crippen MR) is 107 cm³/mol. The highest BCUT2D eigenvalue weighted by molar-refractivity contribution is 5.84. The van der Waals surface area contributed by atoms with Crippen molar-refractivity contribution in [3.05, 3.63) is 59.9 Å². The molecule has 0 unspecified atom stereocenters. The Morgan fingerprint density at radius 1 is 1.22 bits per heavy atom. The number of imidazole rings is 1. The van der Waals surface area contributed by atoms with Gasteiger partial charge < -0.3 is 9.30 Å². The predicted octanol–water partition coefficient (Wildman–Crippen LogP) is 3.45. The standard InChI is InChI=1S/C21H24N4O2/c1-3-4-13-27-17-11-9-16(10-12-17)15-22-24-21(26)14-20-23-18-7-5-6-8-19(18)25(20)2/h5-12,15H,3-4,13-14H2,1-2H3,(H,24,26)/b22-15-. The van der Waals surface area contributed by atoms with E-state index in [4.69, 9.17) is 4.74 Å². The average Bonchev–Trinajstić information content (AvgIpc) is 2.99. The molecule has 0 atom stereocenters. The average molecular weight is 364 g/mol. The molecule has 6 heteroatoms. The van der Waals surface area contributed by atoms with Gasteiger partial charge in [-0.3, -0.25) is 4.79 Å². The summed E-state index contributed by atoms with van der Waals surface area (Å²) >= 11 is 0. The SMILES string of the molecule is CCCCOc1ccc(/C=N\NC(=O)Cc2nc3ccccc3n2C)cc1. The number of carbonyl (C=O) groups excluding carboxylic acids is 1. The van der Waals surface area contributed by atoms with Gasteiger partial charge in [-0.2, -0.15) is 5.10 Å². The zero-order valence-electron chi connectivity index (χ0n) is 15.7. The molecule has 0 aliphatic rings. The van der Waals surface area contributed by atoms with Gasteiger partial charge in [0.25, 0.3) is 0 Å². The van der Waals surface area contributed by atoms with Gasteiger partial charge in [-0.25, -0.2) is 10.4 Å². The fourth-order valence-corrected chi connectivity index (χ4v) is 2.70. The van der Waals surface area contributed by atoms with E-state index in [9.17, 15) is 4.79 Å². The first-order valence-electron chi connectivity index (χ1n) is 9.12. The molecule has 3 aromatic rings. The maximum absolute atomic E-state index is 12.1. The molecular weight excluding hydrogens is 340 g/mol. The van der Waals surface area contributed by atoms with Gasteiger partial charge in [0.05, 0.1) is 30.3 Å². The number of para-hydroxylation sites is 2. The van der Waals surface area contributed by atoms with Crippen molar-refractivity contribution in [3.8, 4) is 5.75 Å². The number of benzene rings is 2. The lowest BCUT2D eigenvalue weighted by Gasteiger charge is -2.05. The Hall–Kier alpha value is -3.15. The minimum Gasteiger partial charge on any atom is -0.494 e. The highest BCUT2D eigenvalue weighted by Gasteiger charge is 2.10. The summed E-state index contributed by atoms with van der Waals surface area (Å²) in [5.74, 6) is 1.34. The molecule has 0 fully saturated rings. The van der Waals surface area contributed by atoms with Crippen LogP contribution in [0.3, 0.4) is 0 Å². The molecule has 1 aromatic heterocycles. The van der Waals surface area contributed by atoms with E-state index in [0.717, 1.165) is 41.8 Å². The van der Waals surface area contributed by atoms with Crippen LogP contribution in [0.15, 0.2) is 53.6 Å². The number of ether oxygens (including phenoxy) is 1. The van der Waals surface area contributed by atoms with Crippen LogP contribution in [0.4, 0.5) is 0 Å². The Bertz CT molecular complexity index is 929. The molecule has 2 aromatic carbocycles.